The van der Waals surface area contributed by atoms with Gasteiger partial charge in [0.25, 0.3) is 0 Å². The van der Waals surface area contributed by atoms with Crippen LogP contribution in [0.4, 0.5) is 0 Å². The van der Waals surface area contributed by atoms with Gasteiger partial charge >= 0.3 is 0 Å². The molecule has 1 unspecified atom stereocenters. The molecule has 0 fully saturated rings. The minimum Gasteiger partial charge on any atom is -0.370 e. The number of nitrogens with zero attached hydrogens (tertiary/aromatic N) is 1. The molecule has 0 aliphatic rings. The summed E-state index contributed by atoms with van der Waals surface area (Å²) in [7, 11) is 0. The molecular formula is C10H15N3. The predicted octanol–water partition coefficient (Wildman–Crippen LogP) is 1.33. The van der Waals surface area contributed by atoms with Crippen molar-refractivity contribution in [3.05, 3.63) is 35.4 Å². The molecule has 0 radical (unpaired) electrons. The number of nitrogens with two attached hydrogens (primary N) is 2. The molecule has 1 aromatic rings. The van der Waals surface area contributed by atoms with Crippen LogP contribution in [0.1, 0.15) is 24.1 Å². The Hall–Kier alpha value is -1.51. The van der Waals surface area contributed by atoms with E-state index in [1.807, 2.05) is 38.1 Å². The lowest BCUT2D eigenvalue weighted by molar-refractivity contribution is 0.808. The molecule has 4 N–H and O–H groups in total. The lowest BCUT2D eigenvalue weighted by Gasteiger charge is -2.09. The monoisotopic (exact) mass is 177 g/mol. The lowest BCUT2D eigenvalue weighted by atomic mass is 10.0. The Bertz CT molecular complexity index is 314. The molecule has 1 aromatic carbocycles. The summed E-state index contributed by atoms with van der Waals surface area (Å²) in [6.07, 6.45) is 0. The Morgan fingerprint density at radius 1 is 1.31 bits per heavy atom. The standard InChI is InChI=1S/C10H15N3/c1-7-5-3-4-6-9(7)8(2)13-10(11)12/h3-6,8H,1-2H3,(H4,11,12,13). The van der Waals surface area contributed by atoms with E-state index in [1.165, 1.54) is 5.56 Å². The van der Waals surface area contributed by atoms with Crippen molar-refractivity contribution in [3.63, 3.8) is 0 Å². The van der Waals surface area contributed by atoms with Crippen molar-refractivity contribution in [3.8, 4) is 0 Å². The van der Waals surface area contributed by atoms with Crippen molar-refractivity contribution in [2.24, 2.45) is 16.5 Å². The largest absolute Gasteiger partial charge is 0.370 e. The first-order valence-corrected chi connectivity index (χ1v) is 4.25. The molecular weight excluding hydrogens is 162 g/mol. The van der Waals surface area contributed by atoms with Gasteiger partial charge in [0.2, 0.25) is 0 Å². The third kappa shape index (κ3) is 2.47. The van der Waals surface area contributed by atoms with E-state index in [0.29, 0.717) is 0 Å². The van der Waals surface area contributed by atoms with E-state index in [4.69, 9.17) is 11.5 Å². The maximum absolute atomic E-state index is 5.31. The van der Waals surface area contributed by atoms with E-state index in [9.17, 15) is 0 Å². The normalized spacial score (nSPS) is 12.2. The fourth-order valence-corrected chi connectivity index (χ4v) is 1.35. The van der Waals surface area contributed by atoms with E-state index < -0.39 is 0 Å². The van der Waals surface area contributed by atoms with E-state index in [1.54, 1.807) is 0 Å². The Kier molecular flexibility index (Phi) is 2.90. The molecule has 1 rings (SSSR count). The minimum absolute atomic E-state index is 0.0335. The van der Waals surface area contributed by atoms with Crippen LogP contribution in [0.2, 0.25) is 0 Å². The van der Waals surface area contributed by atoms with Gasteiger partial charge in [0.1, 0.15) is 0 Å². The SMILES string of the molecule is Cc1ccccc1C(C)N=C(N)N. The summed E-state index contributed by atoms with van der Waals surface area (Å²) in [6, 6.07) is 8.11. The molecule has 0 spiro atoms. The number of hydrogen-bond donors (Lipinski definition) is 2. The summed E-state index contributed by atoms with van der Waals surface area (Å²) in [4.78, 5) is 4.08. The molecule has 0 bridgehead atoms. The van der Waals surface area contributed by atoms with Gasteiger partial charge < -0.3 is 11.5 Å². The van der Waals surface area contributed by atoms with E-state index in [2.05, 4.69) is 4.99 Å². The third-order valence-electron chi connectivity index (χ3n) is 1.98. The highest BCUT2D eigenvalue weighted by molar-refractivity contribution is 5.76. The first-order valence-electron chi connectivity index (χ1n) is 4.25. The van der Waals surface area contributed by atoms with Crippen LogP contribution >= 0.6 is 0 Å². The van der Waals surface area contributed by atoms with Gasteiger partial charge in [-0.1, -0.05) is 24.3 Å². The zero-order valence-electron chi connectivity index (χ0n) is 7.99. The zero-order chi connectivity index (χ0) is 9.84. The van der Waals surface area contributed by atoms with Crippen LogP contribution in [0.3, 0.4) is 0 Å². The number of rotatable bonds is 2. The highest BCUT2D eigenvalue weighted by Gasteiger charge is 2.05. The van der Waals surface area contributed by atoms with Crippen LogP contribution in [-0.4, -0.2) is 5.96 Å². The van der Waals surface area contributed by atoms with Crippen LogP contribution in [0.25, 0.3) is 0 Å². The predicted molar refractivity (Wildman–Crippen MR) is 55.4 cm³/mol. The highest BCUT2D eigenvalue weighted by Crippen LogP contribution is 2.19. The summed E-state index contributed by atoms with van der Waals surface area (Å²) in [5.74, 6) is 0.135. The average molecular weight is 177 g/mol. The molecule has 70 valence electrons. The van der Waals surface area contributed by atoms with Gasteiger partial charge in [-0.2, -0.15) is 0 Å². The van der Waals surface area contributed by atoms with Gasteiger partial charge in [-0.3, -0.25) is 0 Å². The van der Waals surface area contributed by atoms with Crippen LogP contribution in [-0.2, 0) is 0 Å². The molecule has 0 aliphatic carbocycles. The third-order valence-corrected chi connectivity index (χ3v) is 1.98. The van der Waals surface area contributed by atoms with Gasteiger partial charge in [-0.05, 0) is 25.0 Å². The molecule has 13 heavy (non-hydrogen) atoms. The van der Waals surface area contributed by atoms with Gasteiger partial charge in [0.05, 0.1) is 6.04 Å². The van der Waals surface area contributed by atoms with Crippen molar-refractivity contribution >= 4 is 5.96 Å². The second-order valence-electron chi connectivity index (χ2n) is 3.09. The summed E-state index contributed by atoms with van der Waals surface area (Å²) in [5, 5.41) is 0. The highest BCUT2D eigenvalue weighted by atomic mass is 15.0. The molecule has 1 atom stereocenters. The molecule has 0 heterocycles. The second kappa shape index (κ2) is 3.94. The smallest absolute Gasteiger partial charge is 0.186 e. The van der Waals surface area contributed by atoms with Crippen LogP contribution in [0.5, 0.6) is 0 Å². The van der Waals surface area contributed by atoms with Gasteiger partial charge in [-0.25, -0.2) is 4.99 Å². The number of aryl methyl sites for hydroxylation is 1. The minimum atomic E-state index is 0.0335. The number of aliphatic imine (C=N–C) groups is 1. The topological polar surface area (TPSA) is 64.4 Å². The maximum atomic E-state index is 5.31. The molecule has 0 aliphatic heterocycles. The van der Waals surface area contributed by atoms with Crippen molar-refractivity contribution < 1.29 is 0 Å². The number of hydrogen-bond acceptors (Lipinski definition) is 1. The van der Waals surface area contributed by atoms with Crippen molar-refractivity contribution in [2.45, 2.75) is 19.9 Å². The fraction of sp³-hybridized carbons (Fsp3) is 0.300. The van der Waals surface area contributed by atoms with E-state index in [0.717, 1.165) is 5.56 Å². The lowest BCUT2D eigenvalue weighted by Crippen LogP contribution is -2.23. The van der Waals surface area contributed by atoms with Crippen molar-refractivity contribution in [2.75, 3.05) is 0 Å². The Labute approximate surface area is 78.5 Å². The molecule has 0 saturated heterocycles. The maximum Gasteiger partial charge on any atom is 0.186 e. The molecule has 0 saturated carbocycles. The first kappa shape index (κ1) is 9.58. The summed E-state index contributed by atoms with van der Waals surface area (Å²) in [5.41, 5.74) is 13.0. The van der Waals surface area contributed by atoms with Crippen LogP contribution < -0.4 is 11.5 Å². The quantitative estimate of drug-likeness (QED) is 0.528. The first-order chi connectivity index (χ1) is 6.11. The van der Waals surface area contributed by atoms with E-state index in [-0.39, 0.29) is 12.0 Å². The zero-order valence-corrected chi connectivity index (χ0v) is 7.99. The van der Waals surface area contributed by atoms with Crippen LogP contribution in [0.15, 0.2) is 29.3 Å². The van der Waals surface area contributed by atoms with Crippen molar-refractivity contribution in [1.29, 1.82) is 0 Å². The van der Waals surface area contributed by atoms with E-state index >= 15 is 0 Å². The van der Waals surface area contributed by atoms with Gasteiger partial charge in [0, 0.05) is 0 Å². The Balaban J connectivity index is 2.95. The summed E-state index contributed by atoms with van der Waals surface area (Å²) < 4.78 is 0. The molecule has 3 nitrogen and oxygen atoms in total. The Morgan fingerprint density at radius 2 is 1.92 bits per heavy atom. The number of benzene rings is 1. The molecule has 0 aromatic heterocycles. The summed E-state index contributed by atoms with van der Waals surface area (Å²) in [6.45, 7) is 4.02. The summed E-state index contributed by atoms with van der Waals surface area (Å²) >= 11 is 0. The number of guanidine groups is 1. The average Bonchev–Trinajstić information content (AvgIpc) is 2.03. The molecule has 3 heteroatoms. The Morgan fingerprint density at radius 3 is 2.46 bits per heavy atom. The van der Waals surface area contributed by atoms with Gasteiger partial charge in [-0.15, -0.1) is 0 Å². The van der Waals surface area contributed by atoms with Crippen LogP contribution in [0, 0.1) is 6.92 Å². The second-order valence-corrected chi connectivity index (χ2v) is 3.09. The fourth-order valence-electron chi connectivity index (χ4n) is 1.35. The molecule has 0 amide bonds. The van der Waals surface area contributed by atoms with Crippen molar-refractivity contribution in [1.82, 2.24) is 0 Å². The van der Waals surface area contributed by atoms with Gasteiger partial charge in [0.15, 0.2) is 5.96 Å².